The molecule has 1 aliphatic rings. The minimum Gasteiger partial charge on any atom is -0.367 e. The first-order chi connectivity index (χ1) is 13.3. The van der Waals surface area contributed by atoms with Crippen molar-refractivity contribution in [2.24, 2.45) is 0 Å². The summed E-state index contributed by atoms with van der Waals surface area (Å²) in [4.78, 5) is 15.2. The zero-order chi connectivity index (χ0) is 19.9. The molecule has 0 atom stereocenters. The average Bonchev–Trinajstić information content (AvgIpc) is 3.12. The third-order valence-corrected chi connectivity index (χ3v) is 5.12. The standard InChI is InChI=1S/C19H21F3N6/c1-10-11(2)25-18(19(20,21)22)28-16(10)14-9-15(26-12-3-6-23-7-4-12)27-17-13(14)5-8-24-17/h5,8-9,12,23H,3-4,6-7H2,1-2H3,(H2,24,26,27). The molecule has 4 rings (SSSR count). The fraction of sp³-hybridized carbons (Fsp3) is 0.421. The summed E-state index contributed by atoms with van der Waals surface area (Å²) < 4.78 is 39.8. The van der Waals surface area contributed by atoms with E-state index in [9.17, 15) is 13.2 Å². The third-order valence-electron chi connectivity index (χ3n) is 5.12. The van der Waals surface area contributed by atoms with Crippen LogP contribution in [0.4, 0.5) is 19.0 Å². The number of aromatic amines is 1. The molecule has 0 saturated carbocycles. The number of alkyl halides is 3. The Morgan fingerprint density at radius 2 is 1.86 bits per heavy atom. The van der Waals surface area contributed by atoms with E-state index in [1.807, 2.05) is 0 Å². The number of H-pyrrole nitrogens is 1. The van der Waals surface area contributed by atoms with Crippen LogP contribution in [0.1, 0.15) is 29.9 Å². The fourth-order valence-electron chi connectivity index (χ4n) is 3.50. The van der Waals surface area contributed by atoms with Crippen molar-refractivity contribution in [3.05, 3.63) is 35.4 Å². The number of pyridine rings is 1. The molecule has 3 N–H and O–H groups in total. The monoisotopic (exact) mass is 390 g/mol. The van der Waals surface area contributed by atoms with E-state index in [0.29, 0.717) is 28.3 Å². The number of hydrogen-bond acceptors (Lipinski definition) is 5. The highest BCUT2D eigenvalue weighted by Crippen LogP contribution is 2.34. The summed E-state index contributed by atoms with van der Waals surface area (Å²) in [6, 6.07) is 3.86. The van der Waals surface area contributed by atoms with Crippen LogP contribution >= 0.6 is 0 Å². The van der Waals surface area contributed by atoms with Crippen LogP contribution in [-0.2, 0) is 6.18 Å². The van der Waals surface area contributed by atoms with Crippen LogP contribution in [0.25, 0.3) is 22.3 Å². The first kappa shape index (κ1) is 18.7. The van der Waals surface area contributed by atoms with E-state index in [4.69, 9.17) is 0 Å². The highest BCUT2D eigenvalue weighted by Gasteiger charge is 2.36. The lowest BCUT2D eigenvalue weighted by molar-refractivity contribution is -0.145. The van der Waals surface area contributed by atoms with Gasteiger partial charge in [0.05, 0.1) is 5.69 Å². The first-order valence-electron chi connectivity index (χ1n) is 9.21. The van der Waals surface area contributed by atoms with Crippen molar-refractivity contribution in [1.29, 1.82) is 0 Å². The maximum atomic E-state index is 13.3. The summed E-state index contributed by atoms with van der Waals surface area (Å²) in [5.41, 5.74) is 2.43. The van der Waals surface area contributed by atoms with Crippen molar-refractivity contribution in [3.8, 4) is 11.3 Å². The van der Waals surface area contributed by atoms with Crippen LogP contribution in [0.2, 0.25) is 0 Å². The van der Waals surface area contributed by atoms with Gasteiger partial charge in [-0.2, -0.15) is 13.2 Å². The van der Waals surface area contributed by atoms with Gasteiger partial charge in [0.2, 0.25) is 5.82 Å². The molecule has 1 saturated heterocycles. The van der Waals surface area contributed by atoms with Gasteiger partial charge in [-0.25, -0.2) is 15.0 Å². The van der Waals surface area contributed by atoms with E-state index in [2.05, 4.69) is 30.6 Å². The Bertz CT molecular complexity index is 1000. The summed E-state index contributed by atoms with van der Waals surface area (Å²) in [5.74, 6) is -0.500. The highest BCUT2D eigenvalue weighted by atomic mass is 19.4. The summed E-state index contributed by atoms with van der Waals surface area (Å²) in [7, 11) is 0. The fourth-order valence-corrected chi connectivity index (χ4v) is 3.50. The molecule has 3 aromatic heterocycles. The van der Waals surface area contributed by atoms with E-state index in [0.717, 1.165) is 31.3 Å². The lowest BCUT2D eigenvalue weighted by atomic mass is 10.0. The largest absolute Gasteiger partial charge is 0.451 e. The van der Waals surface area contributed by atoms with Crippen LogP contribution in [0.15, 0.2) is 18.3 Å². The van der Waals surface area contributed by atoms with E-state index < -0.39 is 12.0 Å². The van der Waals surface area contributed by atoms with Gasteiger partial charge in [0.25, 0.3) is 0 Å². The number of hydrogen-bond donors (Lipinski definition) is 3. The highest BCUT2D eigenvalue weighted by molar-refractivity contribution is 5.94. The van der Waals surface area contributed by atoms with E-state index >= 15 is 0 Å². The third kappa shape index (κ3) is 3.54. The first-order valence-corrected chi connectivity index (χ1v) is 9.21. The van der Waals surface area contributed by atoms with Crippen molar-refractivity contribution in [3.63, 3.8) is 0 Å². The van der Waals surface area contributed by atoms with Crippen LogP contribution < -0.4 is 10.6 Å². The zero-order valence-electron chi connectivity index (χ0n) is 15.6. The molecule has 3 aromatic rings. The van der Waals surface area contributed by atoms with Crippen LogP contribution in [0.3, 0.4) is 0 Å². The molecule has 1 aliphatic heterocycles. The minimum absolute atomic E-state index is 0.271. The van der Waals surface area contributed by atoms with Gasteiger partial charge >= 0.3 is 6.18 Å². The van der Waals surface area contributed by atoms with Crippen molar-refractivity contribution >= 4 is 16.9 Å². The number of fused-ring (bicyclic) bond motifs is 1. The van der Waals surface area contributed by atoms with Gasteiger partial charge in [-0.3, -0.25) is 0 Å². The molecule has 0 unspecified atom stereocenters. The number of nitrogens with one attached hydrogen (secondary N) is 3. The second kappa shape index (κ2) is 7.05. The van der Waals surface area contributed by atoms with Gasteiger partial charge < -0.3 is 15.6 Å². The molecule has 0 amide bonds. The Morgan fingerprint density at radius 3 is 2.57 bits per heavy atom. The quantitative estimate of drug-likeness (QED) is 0.634. The molecule has 0 aliphatic carbocycles. The van der Waals surface area contributed by atoms with Crippen LogP contribution in [-0.4, -0.2) is 39.1 Å². The predicted molar refractivity (Wildman–Crippen MR) is 101 cm³/mol. The number of piperidine rings is 1. The molecule has 0 aromatic carbocycles. The second-order valence-electron chi connectivity index (χ2n) is 7.07. The van der Waals surface area contributed by atoms with Crippen LogP contribution in [0, 0.1) is 13.8 Å². The van der Waals surface area contributed by atoms with Crippen molar-refractivity contribution in [2.75, 3.05) is 18.4 Å². The molecule has 4 heterocycles. The van der Waals surface area contributed by atoms with Crippen molar-refractivity contribution < 1.29 is 13.2 Å². The Labute approximate surface area is 160 Å². The summed E-state index contributed by atoms with van der Waals surface area (Å²) >= 11 is 0. The number of rotatable bonds is 3. The number of aromatic nitrogens is 4. The molecule has 28 heavy (non-hydrogen) atoms. The molecule has 6 nitrogen and oxygen atoms in total. The van der Waals surface area contributed by atoms with Crippen LogP contribution in [0.5, 0.6) is 0 Å². The Kier molecular flexibility index (Phi) is 4.70. The molecule has 0 bridgehead atoms. The maximum absolute atomic E-state index is 13.3. The molecular weight excluding hydrogens is 369 g/mol. The van der Waals surface area contributed by atoms with Gasteiger partial charge in [-0.05, 0) is 57.5 Å². The summed E-state index contributed by atoms with van der Waals surface area (Å²) in [6.45, 7) is 5.16. The average molecular weight is 390 g/mol. The van der Waals surface area contributed by atoms with Gasteiger partial charge in [-0.15, -0.1) is 0 Å². The normalized spacial score (nSPS) is 15.9. The minimum atomic E-state index is -4.60. The summed E-state index contributed by atoms with van der Waals surface area (Å²) in [5, 5.41) is 7.45. The Morgan fingerprint density at radius 1 is 1.11 bits per heavy atom. The second-order valence-corrected chi connectivity index (χ2v) is 7.07. The molecular formula is C19H21F3N6. The van der Waals surface area contributed by atoms with E-state index in [1.54, 1.807) is 32.2 Å². The van der Waals surface area contributed by atoms with E-state index in [-0.39, 0.29) is 11.7 Å². The topological polar surface area (TPSA) is 78.5 Å². The number of anilines is 1. The Balaban J connectivity index is 1.84. The molecule has 148 valence electrons. The number of halogens is 3. The lowest BCUT2D eigenvalue weighted by Gasteiger charge is -2.24. The van der Waals surface area contributed by atoms with Gasteiger partial charge in [0, 0.05) is 28.9 Å². The number of aryl methyl sites for hydroxylation is 1. The maximum Gasteiger partial charge on any atom is 0.451 e. The van der Waals surface area contributed by atoms with Gasteiger partial charge in [0.15, 0.2) is 0 Å². The smallest absolute Gasteiger partial charge is 0.367 e. The molecule has 9 heteroatoms. The molecule has 0 radical (unpaired) electrons. The zero-order valence-corrected chi connectivity index (χ0v) is 15.6. The van der Waals surface area contributed by atoms with E-state index in [1.165, 1.54) is 0 Å². The number of nitrogens with zero attached hydrogens (tertiary/aromatic N) is 3. The summed E-state index contributed by atoms with van der Waals surface area (Å²) in [6.07, 6.45) is -0.954. The molecule has 1 fully saturated rings. The lowest BCUT2D eigenvalue weighted by Crippen LogP contribution is -2.35. The predicted octanol–water partition coefficient (Wildman–Crippen LogP) is 3.82. The Hall–Kier alpha value is -2.68. The van der Waals surface area contributed by atoms with Gasteiger partial charge in [0.1, 0.15) is 11.5 Å². The SMILES string of the molecule is Cc1nc(C(F)(F)F)nc(-c2cc(NC3CCNCC3)nc3[nH]ccc23)c1C. The molecule has 0 spiro atoms. The van der Waals surface area contributed by atoms with Gasteiger partial charge in [-0.1, -0.05) is 0 Å². The van der Waals surface area contributed by atoms with Crippen molar-refractivity contribution in [1.82, 2.24) is 25.3 Å². The van der Waals surface area contributed by atoms with Crippen molar-refractivity contribution in [2.45, 2.75) is 38.9 Å².